The molecule has 0 aliphatic rings. The van der Waals surface area contributed by atoms with Gasteiger partial charge in [0, 0.05) is 34.6 Å². The molecule has 0 amide bonds. The highest BCUT2D eigenvalue weighted by Gasteiger charge is 2.15. The van der Waals surface area contributed by atoms with Gasteiger partial charge in [0.2, 0.25) is 0 Å². The van der Waals surface area contributed by atoms with Gasteiger partial charge in [-0.05, 0) is 41.8 Å². The molecular weight excluding hydrogens is 376 g/mol. The Morgan fingerprint density at radius 1 is 0.516 bits per heavy atom. The summed E-state index contributed by atoms with van der Waals surface area (Å²) in [6, 6.07) is 41.2. The van der Waals surface area contributed by atoms with Crippen molar-refractivity contribution in [3.05, 3.63) is 115 Å². The van der Waals surface area contributed by atoms with Crippen LogP contribution in [0.15, 0.2) is 115 Å². The first-order valence-corrected chi connectivity index (χ1v) is 10.6. The first kappa shape index (κ1) is 17.8. The third-order valence-electron chi connectivity index (χ3n) is 6.20. The highest BCUT2D eigenvalue weighted by atomic mass is 15.1. The van der Waals surface area contributed by atoms with Gasteiger partial charge < -0.3 is 9.47 Å². The average molecular weight is 399 g/mol. The molecule has 5 aromatic carbocycles. The van der Waals surface area contributed by atoms with Gasteiger partial charge in [-0.1, -0.05) is 78.9 Å². The topological polar surface area (TPSA) is 8.17 Å². The Labute approximate surface area is 181 Å². The molecule has 0 aliphatic carbocycles. The van der Waals surface area contributed by atoms with Crippen molar-refractivity contribution in [1.29, 1.82) is 0 Å². The quantitative estimate of drug-likeness (QED) is 0.296. The van der Waals surface area contributed by atoms with Crippen LogP contribution in [0.5, 0.6) is 0 Å². The number of hydrogen-bond donors (Lipinski definition) is 0. The summed E-state index contributed by atoms with van der Waals surface area (Å²) >= 11 is 0. The van der Waals surface area contributed by atoms with Gasteiger partial charge in [-0.25, -0.2) is 0 Å². The molecule has 0 fully saturated rings. The molecule has 0 radical (unpaired) electrons. The number of para-hydroxylation sites is 2. The molecule has 0 aliphatic heterocycles. The molecule has 6 rings (SSSR count). The molecule has 148 valence electrons. The third-order valence-corrected chi connectivity index (χ3v) is 6.20. The molecule has 6 aromatic rings. The van der Waals surface area contributed by atoms with Crippen LogP contribution in [0, 0.1) is 0 Å². The Morgan fingerprint density at radius 3 is 2.06 bits per heavy atom. The van der Waals surface area contributed by atoms with Crippen molar-refractivity contribution < 1.29 is 0 Å². The summed E-state index contributed by atoms with van der Waals surface area (Å²) in [4.78, 5) is 2.24. The van der Waals surface area contributed by atoms with E-state index in [9.17, 15) is 0 Å². The van der Waals surface area contributed by atoms with Crippen LogP contribution in [0.4, 0.5) is 11.4 Å². The maximum Gasteiger partial charge on any atom is 0.0562 e. The van der Waals surface area contributed by atoms with E-state index in [1.807, 2.05) is 0 Å². The molecule has 0 N–H and O–H groups in total. The fourth-order valence-electron chi connectivity index (χ4n) is 4.63. The van der Waals surface area contributed by atoms with E-state index < -0.39 is 0 Å². The summed E-state index contributed by atoms with van der Waals surface area (Å²) < 4.78 is 2.41. The fourth-order valence-corrected chi connectivity index (χ4v) is 4.63. The molecule has 0 saturated heterocycles. The van der Waals surface area contributed by atoms with Crippen molar-refractivity contribution in [2.24, 2.45) is 0 Å². The second kappa shape index (κ2) is 7.03. The number of hydrogen-bond acceptors (Lipinski definition) is 1. The first-order valence-electron chi connectivity index (χ1n) is 10.6. The van der Waals surface area contributed by atoms with Gasteiger partial charge in [0.15, 0.2) is 0 Å². The van der Waals surface area contributed by atoms with Crippen molar-refractivity contribution in [3.8, 4) is 5.69 Å². The average Bonchev–Trinajstić information content (AvgIpc) is 3.17. The molecule has 0 saturated carbocycles. The van der Waals surface area contributed by atoms with Crippen molar-refractivity contribution in [2.75, 3.05) is 11.9 Å². The fraction of sp³-hybridized carbons (Fsp3) is 0.0345. The van der Waals surface area contributed by atoms with E-state index in [0.717, 1.165) is 0 Å². The lowest BCUT2D eigenvalue weighted by atomic mass is 10.1. The summed E-state index contributed by atoms with van der Waals surface area (Å²) in [7, 11) is 2.13. The van der Waals surface area contributed by atoms with E-state index in [-0.39, 0.29) is 0 Å². The molecule has 0 atom stereocenters. The van der Waals surface area contributed by atoms with E-state index in [1.54, 1.807) is 0 Å². The Hall–Kier alpha value is -4.04. The van der Waals surface area contributed by atoms with E-state index in [0.29, 0.717) is 0 Å². The first-order chi connectivity index (χ1) is 15.3. The second-order valence-corrected chi connectivity index (χ2v) is 7.95. The summed E-state index contributed by atoms with van der Waals surface area (Å²) in [6.45, 7) is 0. The van der Waals surface area contributed by atoms with Gasteiger partial charge >= 0.3 is 0 Å². The standard InChI is InChI=1S/C29H22N2/c1-30(22-12-3-2-4-13-22)23-18-19-26-25-15-7-8-16-28(25)31(29(26)20-23)27-17-9-11-21-10-5-6-14-24(21)27/h2-20H,1H3. The zero-order valence-electron chi connectivity index (χ0n) is 17.4. The maximum atomic E-state index is 2.41. The summed E-state index contributed by atoms with van der Waals surface area (Å²) in [5.41, 5.74) is 6.01. The molecule has 2 nitrogen and oxygen atoms in total. The summed E-state index contributed by atoms with van der Waals surface area (Å²) in [5.74, 6) is 0. The number of fused-ring (bicyclic) bond motifs is 4. The molecular formula is C29H22N2. The van der Waals surface area contributed by atoms with Crippen LogP contribution in [0.1, 0.15) is 0 Å². The van der Waals surface area contributed by atoms with Gasteiger partial charge in [-0.15, -0.1) is 0 Å². The molecule has 1 heterocycles. The lowest BCUT2D eigenvalue weighted by molar-refractivity contribution is 1.18. The van der Waals surface area contributed by atoms with Gasteiger partial charge in [0.1, 0.15) is 0 Å². The minimum atomic E-state index is 1.17. The normalized spacial score (nSPS) is 11.4. The van der Waals surface area contributed by atoms with Crippen LogP contribution < -0.4 is 4.90 Å². The highest BCUT2D eigenvalue weighted by Crippen LogP contribution is 2.37. The minimum absolute atomic E-state index is 1.17. The van der Waals surface area contributed by atoms with Gasteiger partial charge in [-0.2, -0.15) is 0 Å². The lowest BCUT2D eigenvalue weighted by Crippen LogP contribution is -2.09. The van der Waals surface area contributed by atoms with Crippen LogP contribution in [0.3, 0.4) is 0 Å². The minimum Gasteiger partial charge on any atom is -0.345 e. The predicted molar refractivity (Wildman–Crippen MR) is 133 cm³/mol. The largest absolute Gasteiger partial charge is 0.345 e. The van der Waals surface area contributed by atoms with E-state index in [4.69, 9.17) is 0 Å². The van der Waals surface area contributed by atoms with Gasteiger partial charge in [0.05, 0.1) is 16.7 Å². The van der Waals surface area contributed by atoms with Crippen molar-refractivity contribution in [3.63, 3.8) is 0 Å². The molecule has 2 heteroatoms. The van der Waals surface area contributed by atoms with Crippen molar-refractivity contribution in [1.82, 2.24) is 4.57 Å². The number of anilines is 2. The zero-order valence-corrected chi connectivity index (χ0v) is 17.4. The number of benzene rings is 5. The van der Waals surface area contributed by atoms with E-state index >= 15 is 0 Å². The van der Waals surface area contributed by atoms with Crippen LogP contribution in [0.2, 0.25) is 0 Å². The second-order valence-electron chi connectivity index (χ2n) is 7.95. The summed E-state index contributed by atoms with van der Waals surface area (Å²) in [5, 5.41) is 5.06. The molecule has 31 heavy (non-hydrogen) atoms. The monoisotopic (exact) mass is 398 g/mol. The van der Waals surface area contributed by atoms with Crippen LogP contribution in [-0.4, -0.2) is 11.6 Å². The number of rotatable bonds is 3. The number of nitrogens with zero attached hydrogens (tertiary/aromatic N) is 2. The highest BCUT2D eigenvalue weighted by molar-refractivity contribution is 6.11. The maximum absolute atomic E-state index is 2.41. The van der Waals surface area contributed by atoms with Gasteiger partial charge in [-0.3, -0.25) is 0 Å². The Bertz CT molecular complexity index is 1540. The van der Waals surface area contributed by atoms with Crippen molar-refractivity contribution >= 4 is 44.0 Å². The smallest absolute Gasteiger partial charge is 0.0562 e. The van der Waals surface area contributed by atoms with Crippen molar-refractivity contribution in [2.45, 2.75) is 0 Å². The Morgan fingerprint density at radius 2 is 1.19 bits per heavy atom. The summed E-state index contributed by atoms with van der Waals surface area (Å²) in [6.07, 6.45) is 0. The molecule has 1 aromatic heterocycles. The predicted octanol–water partition coefficient (Wildman–Crippen LogP) is 7.70. The third kappa shape index (κ3) is 2.80. The zero-order chi connectivity index (χ0) is 20.8. The van der Waals surface area contributed by atoms with Crippen LogP contribution in [-0.2, 0) is 0 Å². The van der Waals surface area contributed by atoms with Crippen LogP contribution in [0.25, 0.3) is 38.3 Å². The number of aromatic nitrogens is 1. The Kier molecular flexibility index (Phi) is 4.03. The molecule has 0 bridgehead atoms. The van der Waals surface area contributed by atoms with E-state index in [1.165, 1.54) is 49.6 Å². The molecule has 0 spiro atoms. The molecule has 0 unspecified atom stereocenters. The van der Waals surface area contributed by atoms with Gasteiger partial charge in [0.25, 0.3) is 0 Å². The van der Waals surface area contributed by atoms with Crippen LogP contribution >= 0.6 is 0 Å². The Balaban J connectivity index is 1.67. The lowest BCUT2D eigenvalue weighted by Gasteiger charge is -2.20. The van der Waals surface area contributed by atoms with E-state index in [2.05, 4.69) is 132 Å². The SMILES string of the molecule is CN(c1ccccc1)c1ccc2c3ccccc3n(-c3cccc4ccccc34)c2c1.